The van der Waals surface area contributed by atoms with Crippen LogP contribution in [0.3, 0.4) is 0 Å². The van der Waals surface area contributed by atoms with Crippen LogP contribution in [-0.4, -0.2) is 32.3 Å². The van der Waals surface area contributed by atoms with Crippen LogP contribution < -0.4 is 14.8 Å². The van der Waals surface area contributed by atoms with Gasteiger partial charge >= 0.3 is 0 Å². The molecule has 5 nitrogen and oxygen atoms in total. The van der Waals surface area contributed by atoms with Crippen LogP contribution in [0.25, 0.3) is 10.1 Å². The number of benzene rings is 2. The molecule has 158 valence electrons. The number of methoxy groups -OCH3 is 1. The molecule has 2 heterocycles. The predicted octanol–water partition coefficient (Wildman–Crippen LogP) is 5.19. The third kappa shape index (κ3) is 4.53. The average Bonchev–Trinajstić information content (AvgIpc) is 3.38. The maximum Gasteiger partial charge on any atom is 0.263 e. The van der Waals surface area contributed by atoms with Crippen LogP contribution in [-0.2, 0) is 11.3 Å². The molecule has 1 aliphatic heterocycles. The molecular weight excluding hydrogens is 429 g/mol. The lowest BCUT2D eigenvalue weighted by Gasteiger charge is -2.15. The van der Waals surface area contributed by atoms with Gasteiger partial charge in [-0.15, -0.1) is 11.3 Å². The van der Waals surface area contributed by atoms with Gasteiger partial charge in [-0.1, -0.05) is 17.7 Å². The van der Waals surface area contributed by atoms with E-state index >= 15 is 0 Å². The Bertz CT molecular complexity index is 1060. The summed E-state index contributed by atoms with van der Waals surface area (Å²) in [5.41, 5.74) is 0.855. The van der Waals surface area contributed by atoms with Gasteiger partial charge in [0.1, 0.15) is 17.3 Å². The standard InChI is InChI=1S/C22H21ClFNO4S/c1-27-18-9-13(4-7-17(18)29-12-15-3-2-8-28-15)11-25-22(26)21-20(23)16-6-5-14(24)10-19(16)30-21/h4-7,9-10,15H,2-3,8,11-12H2,1H3,(H,25,26). The minimum atomic E-state index is -0.360. The maximum absolute atomic E-state index is 13.4. The quantitative estimate of drug-likeness (QED) is 0.539. The largest absolute Gasteiger partial charge is 0.493 e. The fourth-order valence-electron chi connectivity index (χ4n) is 3.35. The molecule has 1 aromatic heterocycles. The van der Waals surface area contributed by atoms with Gasteiger partial charge in [-0.3, -0.25) is 4.79 Å². The number of halogens is 2. The normalized spacial score (nSPS) is 16.0. The second-order valence-corrected chi connectivity index (χ2v) is 8.43. The molecule has 0 saturated carbocycles. The van der Waals surface area contributed by atoms with Crippen molar-refractivity contribution in [3.05, 3.63) is 57.7 Å². The second kappa shape index (κ2) is 9.20. The van der Waals surface area contributed by atoms with Crippen LogP contribution in [0.15, 0.2) is 36.4 Å². The highest BCUT2D eigenvalue weighted by molar-refractivity contribution is 7.21. The molecule has 3 aromatic rings. The summed E-state index contributed by atoms with van der Waals surface area (Å²) in [6.45, 7) is 1.56. The van der Waals surface area contributed by atoms with Gasteiger partial charge in [0.25, 0.3) is 5.91 Å². The Morgan fingerprint density at radius 3 is 2.93 bits per heavy atom. The number of carbonyl (C=O) groups is 1. The molecule has 1 atom stereocenters. The minimum Gasteiger partial charge on any atom is -0.493 e. The van der Waals surface area contributed by atoms with E-state index in [0.717, 1.165) is 25.0 Å². The van der Waals surface area contributed by atoms with Gasteiger partial charge < -0.3 is 19.5 Å². The first-order valence-electron chi connectivity index (χ1n) is 9.62. The SMILES string of the molecule is COc1cc(CNC(=O)c2sc3cc(F)ccc3c2Cl)ccc1OCC1CCCO1. The smallest absolute Gasteiger partial charge is 0.263 e. The van der Waals surface area contributed by atoms with Gasteiger partial charge in [0, 0.05) is 23.2 Å². The number of amides is 1. The Kier molecular flexibility index (Phi) is 6.41. The molecular formula is C22H21ClFNO4S. The molecule has 1 amide bonds. The number of ether oxygens (including phenoxy) is 3. The van der Waals surface area contributed by atoms with E-state index in [-0.39, 0.29) is 17.8 Å². The summed E-state index contributed by atoms with van der Waals surface area (Å²) in [4.78, 5) is 13.0. The summed E-state index contributed by atoms with van der Waals surface area (Å²) in [6, 6.07) is 9.81. The third-order valence-corrected chi connectivity index (χ3v) is 6.58. The number of rotatable bonds is 7. The summed E-state index contributed by atoms with van der Waals surface area (Å²) in [6.07, 6.45) is 2.18. The van der Waals surface area contributed by atoms with Crippen molar-refractivity contribution >= 4 is 38.9 Å². The highest BCUT2D eigenvalue weighted by Crippen LogP contribution is 2.36. The predicted molar refractivity (Wildman–Crippen MR) is 115 cm³/mol. The van der Waals surface area contributed by atoms with Crippen molar-refractivity contribution in [2.75, 3.05) is 20.3 Å². The number of hydrogen-bond acceptors (Lipinski definition) is 5. The highest BCUT2D eigenvalue weighted by Gasteiger charge is 2.19. The molecule has 1 N–H and O–H groups in total. The molecule has 0 spiro atoms. The highest BCUT2D eigenvalue weighted by atomic mass is 35.5. The molecule has 0 radical (unpaired) electrons. The van der Waals surface area contributed by atoms with Crippen molar-refractivity contribution in [2.45, 2.75) is 25.5 Å². The lowest BCUT2D eigenvalue weighted by atomic mass is 10.2. The third-order valence-electron chi connectivity index (χ3n) is 4.93. The fourth-order valence-corrected chi connectivity index (χ4v) is 4.81. The summed E-state index contributed by atoms with van der Waals surface area (Å²) in [7, 11) is 1.58. The summed E-state index contributed by atoms with van der Waals surface area (Å²) >= 11 is 7.49. The van der Waals surface area contributed by atoms with Crippen molar-refractivity contribution in [3.8, 4) is 11.5 Å². The van der Waals surface area contributed by atoms with Crippen molar-refractivity contribution in [1.29, 1.82) is 0 Å². The van der Waals surface area contributed by atoms with Gasteiger partial charge in [0.2, 0.25) is 0 Å². The van der Waals surface area contributed by atoms with Crippen LogP contribution >= 0.6 is 22.9 Å². The number of hydrogen-bond donors (Lipinski definition) is 1. The molecule has 4 rings (SSSR count). The first-order valence-corrected chi connectivity index (χ1v) is 10.8. The van der Waals surface area contributed by atoms with Crippen molar-refractivity contribution in [2.24, 2.45) is 0 Å². The summed E-state index contributed by atoms with van der Waals surface area (Å²) in [5.74, 6) is 0.563. The first kappa shape index (κ1) is 20.9. The number of fused-ring (bicyclic) bond motifs is 1. The topological polar surface area (TPSA) is 56.8 Å². The Morgan fingerprint density at radius 1 is 1.30 bits per heavy atom. The van der Waals surface area contributed by atoms with Gasteiger partial charge in [0.15, 0.2) is 11.5 Å². The van der Waals surface area contributed by atoms with E-state index in [0.29, 0.717) is 44.6 Å². The molecule has 0 aliphatic carbocycles. The molecule has 0 bridgehead atoms. The van der Waals surface area contributed by atoms with E-state index in [1.54, 1.807) is 13.2 Å². The van der Waals surface area contributed by atoms with E-state index in [2.05, 4.69) is 5.32 Å². The van der Waals surface area contributed by atoms with Gasteiger partial charge in [0.05, 0.1) is 18.2 Å². The van der Waals surface area contributed by atoms with Crippen molar-refractivity contribution in [1.82, 2.24) is 5.32 Å². The molecule has 2 aromatic carbocycles. The summed E-state index contributed by atoms with van der Waals surface area (Å²) in [5, 5.41) is 3.86. The molecule has 30 heavy (non-hydrogen) atoms. The van der Waals surface area contributed by atoms with E-state index < -0.39 is 0 Å². The van der Waals surface area contributed by atoms with Crippen LogP contribution in [0.4, 0.5) is 4.39 Å². The van der Waals surface area contributed by atoms with E-state index in [1.807, 2.05) is 18.2 Å². The second-order valence-electron chi connectivity index (χ2n) is 7.00. The number of nitrogens with one attached hydrogen (secondary N) is 1. The van der Waals surface area contributed by atoms with Gasteiger partial charge in [-0.2, -0.15) is 0 Å². The van der Waals surface area contributed by atoms with Crippen LogP contribution in [0.5, 0.6) is 11.5 Å². The zero-order chi connectivity index (χ0) is 21.1. The van der Waals surface area contributed by atoms with E-state index in [4.69, 9.17) is 25.8 Å². The Balaban J connectivity index is 1.41. The molecule has 1 fully saturated rings. The lowest BCUT2D eigenvalue weighted by molar-refractivity contribution is 0.0669. The van der Waals surface area contributed by atoms with Gasteiger partial charge in [-0.25, -0.2) is 4.39 Å². The van der Waals surface area contributed by atoms with Crippen molar-refractivity contribution < 1.29 is 23.4 Å². The Hall–Kier alpha value is -2.35. The lowest BCUT2D eigenvalue weighted by Crippen LogP contribution is -2.22. The molecule has 1 saturated heterocycles. The van der Waals surface area contributed by atoms with E-state index in [9.17, 15) is 9.18 Å². The van der Waals surface area contributed by atoms with E-state index in [1.165, 1.54) is 23.5 Å². The molecule has 1 unspecified atom stereocenters. The van der Waals surface area contributed by atoms with Crippen LogP contribution in [0.1, 0.15) is 28.1 Å². The molecule has 8 heteroatoms. The monoisotopic (exact) mass is 449 g/mol. The Morgan fingerprint density at radius 2 is 2.17 bits per heavy atom. The Labute approximate surface area is 182 Å². The summed E-state index contributed by atoms with van der Waals surface area (Å²) < 4.78 is 30.9. The minimum absolute atomic E-state index is 0.119. The number of thiophene rings is 1. The maximum atomic E-state index is 13.4. The van der Waals surface area contributed by atoms with Crippen molar-refractivity contribution in [3.63, 3.8) is 0 Å². The number of carbonyl (C=O) groups excluding carboxylic acids is 1. The zero-order valence-corrected chi connectivity index (χ0v) is 17.9. The molecule has 1 aliphatic rings. The average molecular weight is 450 g/mol. The van der Waals surface area contributed by atoms with Gasteiger partial charge in [-0.05, 0) is 48.7 Å². The fraction of sp³-hybridized carbons (Fsp3) is 0.318. The van der Waals surface area contributed by atoms with Crippen LogP contribution in [0.2, 0.25) is 5.02 Å². The zero-order valence-electron chi connectivity index (χ0n) is 16.4. The first-order chi connectivity index (χ1) is 14.5. The van der Waals surface area contributed by atoms with Crippen LogP contribution in [0, 0.1) is 5.82 Å².